The van der Waals surface area contributed by atoms with Crippen molar-refractivity contribution >= 4 is 17.1 Å². The van der Waals surface area contributed by atoms with Crippen molar-refractivity contribution in [3.05, 3.63) is 45.2 Å². The van der Waals surface area contributed by atoms with Crippen LogP contribution in [0.3, 0.4) is 0 Å². The van der Waals surface area contributed by atoms with E-state index in [2.05, 4.69) is 6.07 Å². The van der Waals surface area contributed by atoms with Crippen molar-refractivity contribution in [3.63, 3.8) is 0 Å². The monoisotopic (exact) mass is 344 g/mol. The smallest absolute Gasteiger partial charge is 0.205 e. The van der Waals surface area contributed by atoms with Crippen LogP contribution in [0.15, 0.2) is 40.3 Å². The summed E-state index contributed by atoms with van der Waals surface area (Å²) in [5.41, 5.74) is 5.90. The van der Waals surface area contributed by atoms with E-state index in [0.29, 0.717) is 16.9 Å². The van der Waals surface area contributed by atoms with Crippen molar-refractivity contribution < 1.29 is 9.53 Å². The number of Topliss-reactive ketones (excluding diaryl/α,β-unsaturated/α-hetero) is 1. The molecule has 1 aliphatic heterocycles. The average molecular weight is 344 g/mol. The quantitative estimate of drug-likeness (QED) is 0.858. The molecular weight excluding hydrogens is 320 g/mol. The average Bonchev–Trinajstić information content (AvgIpc) is 2.97. The molecule has 0 saturated carbocycles. The van der Waals surface area contributed by atoms with Gasteiger partial charge in [0.25, 0.3) is 0 Å². The first-order valence-electron chi connectivity index (χ1n) is 7.89. The molecule has 0 aromatic carbocycles. The lowest BCUT2D eigenvalue weighted by atomic mass is 9.73. The number of thiophene rings is 1. The van der Waals surface area contributed by atoms with Crippen LogP contribution < -0.4 is 5.73 Å². The molecule has 1 atom stereocenters. The zero-order valence-corrected chi connectivity index (χ0v) is 15.9. The molecule has 0 saturated heterocycles. The van der Waals surface area contributed by atoms with Crippen molar-refractivity contribution in [2.75, 3.05) is 0 Å². The molecule has 0 amide bonds. The van der Waals surface area contributed by atoms with Gasteiger partial charge in [-0.25, -0.2) is 0 Å². The second-order valence-electron chi connectivity index (χ2n) is 8.01. The van der Waals surface area contributed by atoms with E-state index < -0.39 is 16.7 Å². The van der Waals surface area contributed by atoms with E-state index >= 15 is 0 Å². The molecule has 0 fully saturated rings. The van der Waals surface area contributed by atoms with Crippen LogP contribution in [0.1, 0.15) is 52.3 Å². The van der Waals surface area contributed by atoms with E-state index in [0.717, 1.165) is 4.88 Å². The molecule has 0 bridgehead atoms. The van der Waals surface area contributed by atoms with Crippen molar-refractivity contribution in [1.82, 2.24) is 0 Å². The minimum absolute atomic E-state index is 0.0222. The number of hydrogen-bond donors (Lipinski definition) is 1. The van der Waals surface area contributed by atoms with Crippen LogP contribution in [0.4, 0.5) is 0 Å². The summed E-state index contributed by atoms with van der Waals surface area (Å²) in [6.07, 6.45) is 0. The van der Waals surface area contributed by atoms with E-state index in [4.69, 9.17) is 10.5 Å². The largest absolute Gasteiger partial charge is 0.444 e. The Labute approximate surface area is 147 Å². The van der Waals surface area contributed by atoms with Crippen LogP contribution in [0.5, 0.6) is 0 Å². The number of rotatable bonds is 2. The molecule has 2 rings (SSSR count). The highest BCUT2D eigenvalue weighted by molar-refractivity contribution is 7.10. The van der Waals surface area contributed by atoms with Gasteiger partial charge in [-0.1, -0.05) is 47.6 Å². The maximum atomic E-state index is 13.2. The minimum atomic E-state index is -0.586. The summed E-state index contributed by atoms with van der Waals surface area (Å²) in [4.78, 5) is 14.2. The molecule has 5 heteroatoms. The van der Waals surface area contributed by atoms with E-state index in [1.165, 1.54) is 11.3 Å². The number of nitrogens with two attached hydrogens (primary N) is 1. The summed E-state index contributed by atoms with van der Waals surface area (Å²) in [6, 6.07) is 6.00. The summed E-state index contributed by atoms with van der Waals surface area (Å²) < 4.78 is 5.81. The van der Waals surface area contributed by atoms with Gasteiger partial charge in [0.15, 0.2) is 5.78 Å². The predicted octanol–water partition coefficient (Wildman–Crippen LogP) is 4.47. The fourth-order valence-electron chi connectivity index (χ4n) is 2.69. The fraction of sp³-hybridized carbons (Fsp3) is 0.474. The molecule has 24 heavy (non-hydrogen) atoms. The predicted molar refractivity (Wildman–Crippen MR) is 95.9 cm³/mol. The Morgan fingerprint density at radius 3 is 2.33 bits per heavy atom. The van der Waals surface area contributed by atoms with Crippen LogP contribution in [-0.2, 0) is 9.53 Å². The molecule has 2 N–H and O–H groups in total. The highest BCUT2D eigenvalue weighted by Gasteiger charge is 2.43. The molecule has 0 radical (unpaired) electrons. The Kier molecular flexibility index (Phi) is 4.65. The molecule has 128 valence electrons. The van der Waals surface area contributed by atoms with Gasteiger partial charge < -0.3 is 10.5 Å². The summed E-state index contributed by atoms with van der Waals surface area (Å²) in [7, 11) is 0. The lowest BCUT2D eigenvalue weighted by Gasteiger charge is -2.35. The second-order valence-corrected chi connectivity index (χ2v) is 8.99. The van der Waals surface area contributed by atoms with Gasteiger partial charge in [0.05, 0.1) is 5.92 Å². The van der Waals surface area contributed by atoms with E-state index in [9.17, 15) is 10.1 Å². The maximum Gasteiger partial charge on any atom is 0.205 e. The van der Waals surface area contributed by atoms with Crippen molar-refractivity contribution in [2.24, 2.45) is 16.6 Å². The molecule has 4 nitrogen and oxygen atoms in total. The Bertz CT molecular complexity index is 751. The van der Waals surface area contributed by atoms with Crippen LogP contribution >= 0.6 is 11.3 Å². The number of ether oxygens (including phenoxy) is 1. The van der Waals surface area contributed by atoms with Crippen molar-refractivity contribution in [3.8, 4) is 6.07 Å². The third-order valence-corrected chi connectivity index (χ3v) is 4.79. The summed E-state index contributed by atoms with van der Waals surface area (Å²) >= 11 is 1.51. The van der Waals surface area contributed by atoms with E-state index in [-0.39, 0.29) is 11.7 Å². The summed E-state index contributed by atoms with van der Waals surface area (Å²) in [5, 5.41) is 11.6. The molecule has 2 heterocycles. The lowest BCUT2D eigenvalue weighted by Crippen LogP contribution is -2.34. The van der Waals surface area contributed by atoms with Crippen LogP contribution in [0, 0.1) is 22.2 Å². The first-order valence-corrected chi connectivity index (χ1v) is 8.77. The molecule has 0 spiro atoms. The standard InChI is InChI=1S/C19H24N2O2S/c1-18(2,3)15(22)14-13(12-8-7-9-24-12)11(10-20)17(21)23-16(14)19(4,5)6/h7-9,13H,21H2,1-6H3. The lowest BCUT2D eigenvalue weighted by molar-refractivity contribution is -0.123. The molecule has 1 unspecified atom stereocenters. The molecular formula is C19H24N2O2S. The number of allylic oxidation sites excluding steroid dienone is 3. The number of ketones is 1. The van der Waals surface area contributed by atoms with Crippen LogP contribution in [-0.4, -0.2) is 5.78 Å². The third kappa shape index (κ3) is 3.25. The first kappa shape index (κ1) is 18.3. The summed E-state index contributed by atoms with van der Waals surface area (Å²) in [6.45, 7) is 11.6. The van der Waals surface area contributed by atoms with Gasteiger partial charge in [0.2, 0.25) is 5.88 Å². The third-order valence-electron chi connectivity index (χ3n) is 3.85. The molecule has 1 aromatic rings. The van der Waals surface area contributed by atoms with Crippen molar-refractivity contribution in [2.45, 2.75) is 47.5 Å². The zero-order chi connectivity index (χ0) is 18.3. The molecule has 1 aromatic heterocycles. The molecule has 0 aliphatic carbocycles. The van der Waals surface area contributed by atoms with Gasteiger partial charge in [-0.2, -0.15) is 5.26 Å². The number of nitrogens with zero attached hydrogens (tertiary/aromatic N) is 1. The molecule has 1 aliphatic rings. The normalized spacial score (nSPS) is 19.1. The Hall–Kier alpha value is -2.06. The van der Waals surface area contributed by atoms with E-state index in [1.54, 1.807) is 0 Å². The fourth-order valence-corrected chi connectivity index (χ4v) is 3.54. The van der Waals surface area contributed by atoms with Crippen molar-refractivity contribution in [1.29, 1.82) is 5.26 Å². The van der Waals surface area contributed by atoms with Gasteiger partial charge in [0.1, 0.15) is 17.4 Å². The Morgan fingerprint density at radius 2 is 1.92 bits per heavy atom. The summed E-state index contributed by atoms with van der Waals surface area (Å²) in [5.74, 6) is 0.152. The van der Waals surface area contributed by atoms with Gasteiger partial charge in [-0.15, -0.1) is 11.3 Å². The van der Waals surface area contributed by atoms with Crippen LogP contribution in [0.25, 0.3) is 0 Å². The zero-order valence-electron chi connectivity index (χ0n) is 15.1. The van der Waals surface area contributed by atoms with Gasteiger partial charge in [-0.05, 0) is 11.4 Å². The minimum Gasteiger partial charge on any atom is -0.444 e. The Morgan fingerprint density at radius 1 is 1.29 bits per heavy atom. The second kappa shape index (κ2) is 6.10. The van der Waals surface area contributed by atoms with Gasteiger partial charge >= 0.3 is 0 Å². The maximum absolute atomic E-state index is 13.2. The van der Waals surface area contributed by atoms with Gasteiger partial charge in [-0.3, -0.25) is 4.79 Å². The highest BCUT2D eigenvalue weighted by atomic mass is 32.1. The SMILES string of the molecule is CC(C)(C)C(=O)C1=C(C(C)(C)C)OC(N)=C(C#N)C1c1cccs1. The topological polar surface area (TPSA) is 76.1 Å². The number of carbonyl (C=O) groups excluding carboxylic acids is 1. The first-order chi connectivity index (χ1) is 11.0. The number of nitriles is 1. The van der Waals surface area contributed by atoms with E-state index in [1.807, 2.05) is 59.1 Å². The van der Waals surface area contributed by atoms with Crippen LogP contribution in [0.2, 0.25) is 0 Å². The number of hydrogen-bond acceptors (Lipinski definition) is 5. The number of carbonyl (C=O) groups is 1. The highest BCUT2D eigenvalue weighted by Crippen LogP contribution is 2.47. The van der Waals surface area contributed by atoms with Gasteiger partial charge in [0, 0.05) is 21.3 Å². The Balaban J connectivity index is 2.80.